The molecule has 5 nitrogen and oxygen atoms in total. The second kappa shape index (κ2) is 6.14. The molecule has 0 aromatic carbocycles. The number of likely N-dealkylation sites (tertiary alicyclic amines) is 1. The second-order valence-corrected chi connectivity index (χ2v) is 9.27. The maximum atomic E-state index is 11.9. The summed E-state index contributed by atoms with van der Waals surface area (Å²) < 4.78 is 23.9. The van der Waals surface area contributed by atoms with Gasteiger partial charge < -0.3 is 0 Å². The molecule has 0 radical (unpaired) electrons. The van der Waals surface area contributed by atoms with Crippen LogP contribution in [0.2, 0.25) is 0 Å². The zero-order valence-corrected chi connectivity index (χ0v) is 14.5. The molecular formula is C15H21N3O2S2. The highest BCUT2D eigenvalue weighted by Gasteiger charge is 2.30. The number of nitrogens with one attached hydrogen (secondary N) is 1. The zero-order valence-electron chi connectivity index (χ0n) is 12.9. The minimum Gasteiger partial charge on any atom is -0.290 e. The Bertz CT molecular complexity index is 748. The van der Waals surface area contributed by atoms with E-state index in [0.29, 0.717) is 4.90 Å². The predicted octanol–water partition coefficient (Wildman–Crippen LogP) is 2.91. The van der Waals surface area contributed by atoms with Crippen LogP contribution in [-0.2, 0) is 16.4 Å². The van der Waals surface area contributed by atoms with Crippen molar-refractivity contribution in [2.45, 2.75) is 43.7 Å². The second-order valence-electron chi connectivity index (χ2n) is 5.91. The number of aromatic nitrogens is 2. The smallest absolute Gasteiger partial charge is 0.178 e. The molecule has 3 rings (SSSR count). The van der Waals surface area contributed by atoms with Crippen LogP contribution in [-0.4, -0.2) is 36.3 Å². The van der Waals surface area contributed by atoms with Crippen molar-refractivity contribution in [1.29, 1.82) is 0 Å². The number of rotatable bonds is 4. The third kappa shape index (κ3) is 3.26. The molecule has 2 aromatic rings. The van der Waals surface area contributed by atoms with Gasteiger partial charge in [0.2, 0.25) is 0 Å². The molecule has 1 fully saturated rings. The van der Waals surface area contributed by atoms with E-state index in [1.54, 1.807) is 11.3 Å². The highest BCUT2D eigenvalue weighted by atomic mass is 32.2. The minimum absolute atomic E-state index is 0.100. The lowest BCUT2D eigenvalue weighted by Gasteiger charge is -2.35. The van der Waals surface area contributed by atoms with Gasteiger partial charge in [-0.2, -0.15) is 5.10 Å². The Morgan fingerprint density at radius 2 is 2.23 bits per heavy atom. The van der Waals surface area contributed by atoms with Gasteiger partial charge in [-0.05, 0) is 38.4 Å². The molecule has 1 aliphatic rings. The average molecular weight is 339 g/mol. The fourth-order valence-corrected chi connectivity index (χ4v) is 4.84. The normalized spacial score (nSPS) is 20.4. The van der Waals surface area contributed by atoms with Crippen molar-refractivity contribution in [2.75, 3.05) is 12.8 Å². The third-order valence-corrected chi connectivity index (χ3v) is 6.24. The van der Waals surface area contributed by atoms with Crippen LogP contribution in [0.4, 0.5) is 0 Å². The Morgan fingerprint density at radius 3 is 2.91 bits per heavy atom. The van der Waals surface area contributed by atoms with Crippen LogP contribution in [0, 0.1) is 6.92 Å². The van der Waals surface area contributed by atoms with E-state index in [9.17, 15) is 8.42 Å². The first-order valence-electron chi connectivity index (χ1n) is 7.48. The zero-order chi connectivity index (χ0) is 15.7. The maximum Gasteiger partial charge on any atom is 0.178 e. The monoisotopic (exact) mass is 339 g/mol. The summed E-state index contributed by atoms with van der Waals surface area (Å²) in [6.07, 6.45) is 5.93. The van der Waals surface area contributed by atoms with Crippen molar-refractivity contribution in [3.05, 3.63) is 33.8 Å². The van der Waals surface area contributed by atoms with Gasteiger partial charge in [-0.3, -0.25) is 10.00 Å². The van der Waals surface area contributed by atoms with Crippen LogP contribution in [0.1, 0.15) is 40.8 Å². The molecule has 1 saturated heterocycles. The molecule has 0 saturated carbocycles. The van der Waals surface area contributed by atoms with Crippen molar-refractivity contribution >= 4 is 21.2 Å². The topological polar surface area (TPSA) is 66.1 Å². The van der Waals surface area contributed by atoms with Crippen molar-refractivity contribution in [1.82, 2.24) is 15.1 Å². The van der Waals surface area contributed by atoms with Crippen LogP contribution in [0.15, 0.2) is 23.2 Å². The summed E-state index contributed by atoms with van der Waals surface area (Å²) in [4.78, 5) is 5.34. The van der Waals surface area contributed by atoms with Gasteiger partial charge in [0.15, 0.2) is 9.84 Å². The van der Waals surface area contributed by atoms with E-state index in [0.717, 1.165) is 38.0 Å². The molecule has 1 N–H and O–H groups in total. The van der Waals surface area contributed by atoms with Gasteiger partial charge in [-0.25, -0.2) is 8.42 Å². The highest BCUT2D eigenvalue weighted by molar-refractivity contribution is 7.90. The number of nitrogens with zero attached hydrogens (tertiary/aromatic N) is 2. The van der Waals surface area contributed by atoms with Crippen molar-refractivity contribution in [3.8, 4) is 0 Å². The van der Waals surface area contributed by atoms with Gasteiger partial charge in [0.05, 0.1) is 17.9 Å². The fourth-order valence-electron chi connectivity index (χ4n) is 3.10. The summed E-state index contributed by atoms with van der Waals surface area (Å²) in [5, 5.41) is 6.92. The van der Waals surface area contributed by atoms with Crippen LogP contribution in [0.3, 0.4) is 0 Å². The Morgan fingerprint density at radius 1 is 1.41 bits per heavy atom. The number of sulfone groups is 1. The molecule has 7 heteroatoms. The lowest BCUT2D eigenvalue weighted by molar-refractivity contribution is 0.136. The summed E-state index contributed by atoms with van der Waals surface area (Å²) in [6, 6.07) is 4.40. The maximum absolute atomic E-state index is 11.9. The summed E-state index contributed by atoms with van der Waals surface area (Å²) in [5.41, 5.74) is 0.746. The largest absolute Gasteiger partial charge is 0.290 e. The summed E-state index contributed by atoms with van der Waals surface area (Å²) in [5.74, 6) is 0. The Kier molecular flexibility index (Phi) is 4.38. The first-order chi connectivity index (χ1) is 10.4. The van der Waals surface area contributed by atoms with Gasteiger partial charge in [0, 0.05) is 22.6 Å². The number of aromatic amines is 1. The molecule has 0 unspecified atom stereocenters. The first-order valence-corrected chi connectivity index (χ1v) is 10.2. The SMILES string of the molecule is Cc1ccc(CN2CCCC[C@@H]2c2[nH]ncc2S(C)(=O)=O)s1. The molecule has 2 aromatic heterocycles. The van der Waals surface area contributed by atoms with Crippen LogP contribution < -0.4 is 0 Å². The first kappa shape index (κ1) is 15.7. The summed E-state index contributed by atoms with van der Waals surface area (Å²) in [7, 11) is -3.25. The van der Waals surface area contributed by atoms with E-state index < -0.39 is 9.84 Å². The van der Waals surface area contributed by atoms with Crippen LogP contribution in [0.25, 0.3) is 0 Å². The molecule has 120 valence electrons. The van der Waals surface area contributed by atoms with Gasteiger partial charge in [0.1, 0.15) is 4.90 Å². The third-order valence-electron chi connectivity index (χ3n) is 4.13. The van der Waals surface area contributed by atoms with Crippen LogP contribution in [0.5, 0.6) is 0 Å². The Balaban J connectivity index is 1.88. The van der Waals surface area contributed by atoms with Crippen molar-refractivity contribution < 1.29 is 8.42 Å². The number of hydrogen-bond acceptors (Lipinski definition) is 5. The number of aryl methyl sites for hydroxylation is 1. The number of thiophene rings is 1. The lowest BCUT2D eigenvalue weighted by Crippen LogP contribution is -2.33. The van der Waals surface area contributed by atoms with Crippen molar-refractivity contribution in [3.63, 3.8) is 0 Å². The van der Waals surface area contributed by atoms with Gasteiger partial charge in [0.25, 0.3) is 0 Å². The van der Waals surface area contributed by atoms with Crippen LogP contribution >= 0.6 is 11.3 Å². The summed E-state index contributed by atoms with van der Waals surface area (Å²) >= 11 is 1.80. The minimum atomic E-state index is -3.25. The number of piperidine rings is 1. The molecule has 1 atom stereocenters. The highest BCUT2D eigenvalue weighted by Crippen LogP contribution is 2.34. The van der Waals surface area contributed by atoms with Crippen molar-refractivity contribution in [2.24, 2.45) is 0 Å². The van der Waals surface area contributed by atoms with E-state index in [1.807, 2.05) is 0 Å². The molecule has 3 heterocycles. The van der Waals surface area contributed by atoms with Gasteiger partial charge in [-0.15, -0.1) is 11.3 Å². The van der Waals surface area contributed by atoms with E-state index in [-0.39, 0.29) is 6.04 Å². The number of hydrogen-bond donors (Lipinski definition) is 1. The standard InChI is InChI=1S/C15H21N3O2S2/c1-11-6-7-12(21-11)10-18-8-4-3-5-13(18)15-14(9-16-17-15)22(2,19)20/h6-7,9,13H,3-5,8,10H2,1-2H3,(H,16,17)/t13-/m1/s1. The molecule has 0 amide bonds. The quantitative estimate of drug-likeness (QED) is 0.930. The Labute approximate surface area is 135 Å². The lowest BCUT2D eigenvalue weighted by atomic mass is 9.99. The Hall–Kier alpha value is -1.18. The number of H-pyrrole nitrogens is 1. The molecule has 0 aliphatic carbocycles. The summed E-state index contributed by atoms with van der Waals surface area (Å²) in [6.45, 7) is 3.97. The molecular weight excluding hydrogens is 318 g/mol. The predicted molar refractivity (Wildman–Crippen MR) is 87.8 cm³/mol. The van der Waals surface area contributed by atoms with E-state index in [1.165, 1.54) is 22.2 Å². The van der Waals surface area contributed by atoms with E-state index in [2.05, 4.69) is 34.2 Å². The van der Waals surface area contributed by atoms with E-state index >= 15 is 0 Å². The molecule has 1 aliphatic heterocycles. The van der Waals surface area contributed by atoms with Gasteiger partial charge in [-0.1, -0.05) is 6.42 Å². The molecule has 0 bridgehead atoms. The molecule has 0 spiro atoms. The molecule has 22 heavy (non-hydrogen) atoms. The fraction of sp³-hybridized carbons (Fsp3) is 0.533. The average Bonchev–Trinajstić information content (AvgIpc) is 3.08. The van der Waals surface area contributed by atoms with E-state index in [4.69, 9.17) is 0 Å². The van der Waals surface area contributed by atoms with Gasteiger partial charge >= 0.3 is 0 Å².